The van der Waals surface area contributed by atoms with E-state index in [2.05, 4.69) is 0 Å². The number of carboxylic acid groups (broad SMARTS) is 1. The first-order valence-electron chi connectivity index (χ1n) is 8.25. The number of hydrogen-bond acceptors (Lipinski definition) is 6. The molecule has 0 saturated carbocycles. The molecular weight excluding hydrogens is 342 g/mol. The molecule has 26 heavy (non-hydrogen) atoms. The minimum absolute atomic E-state index is 0.00608. The van der Waals surface area contributed by atoms with Crippen LogP contribution in [0.25, 0.3) is 0 Å². The van der Waals surface area contributed by atoms with Gasteiger partial charge in [0.1, 0.15) is 11.6 Å². The topological polar surface area (TPSA) is 102 Å². The van der Waals surface area contributed by atoms with Gasteiger partial charge in [0.15, 0.2) is 11.5 Å². The number of nitrogens with zero attached hydrogens (tertiary/aromatic N) is 1. The third-order valence-electron chi connectivity index (χ3n) is 3.77. The van der Waals surface area contributed by atoms with Gasteiger partial charge in [0.05, 0.1) is 12.7 Å². The number of benzene rings is 1. The zero-order valence-corrected chi connectivity index (χ0v) is 15.3. The summed E-state index contributed by atoms with van der Waals surface area (Å²) in [6.45, 7) is 5.63. The fourth-order valence-corrected chi connectivity index (χ4v) is 2.62. The molecule has 1 amide bonds. The van der Waals surface area contributed by atoms with Gasteiger partial charge >= 0.3 is 18.0 Å². The van der Waals surface area contributed by atoms with Crippen LogP contribution < -0.4 is 9.47 Å². The van der Waals surface area contributed by atoms with Crippen molar-refractivity contribution in [3.8, 4) is 11.5 Å². The Morgan fingerprint density at radius 1 is 1.19 bits per heavy atom. The molecule has 0 spiro atoms. The predicted octanol–water partition coefficient (Wildman–Crippen LogP) is 2.70. The van der Waals surface area contributed by atoms with Crippen LogP contribution in [0.5, 0.6) is 11.5 Å². The molecule has 1 fully saturated rings. The molecule has 1 N–H and O–H groups in total. The average Bonchev–Trinajstić information content (AvgIpc) is 3.03. The Balaban J connectivity index is 2.17. The quantitative estimate of drug-likeness (QED) is 0.646. The highest BCUT2D eigenvalue weighted by atomic mass is 16.6. The summed E-state index contributed by atoms with van der Waals surface area (Å²) in [6.07, 6.45) is 0.507. The first-order chi connectivity index (χ1) is 12.1. The van der Waals surface area contributed by atoms with Crippen molar-refractivity contribution in [1.29, 1.82) is 0 Å². The van der Waals surface area contributed by atoms with E-state index in [1.165, 1.54) is 30.2 Å². The summed E-state index contributed by atoms with van der Waals surface area (Å²) in [5.41, 5.74) is -0.711. The molecule has 1 unspecified atom stereocenters. The number of amides is 1. The van der Waals surface area contributed by atoms with Gasteiger partial charge in [-0.3, -0.25) is 4.90 Å². The smallest absolute Gasteiger partial charge is 0.411 e. The van der Waals surface area contributed by atoms with E-state index >= 15 is 0 Å². The van der Waals surface area contributed by atoms with Crippen molar-refractivity contribution in [1.82, 2.24) is 4.90 Å². The Hall–Kier alpha value is -2.77. The SMILES string of the molecule is COc1ccc(C(=O)O)cc1OC(=O)C1CCCN1C(=O)OC(C)(C)C. The number of carbonyl (C=O) groups is 3. The third-order valence-corrected chi connectivity index (χ3v) is 3.77. The van der Waals surface area contributed by atoms with E-state index in [-0.39, 0.29) is 17.1 Å². The first-order valence-corrected chi connectivity index (χ1v) is 8.25. The molecule has 0 radical (unpaired) electrons. The highest BCUT2D eigenvalue weighted by molar-refractivity contribution is 5.89. The Morgan fingerprint density at radius 2 is 1.88 bits per heavy atom. The van der Waals surface area contributed by atoms with E-state index < -0.39 is 29.7 Å². The van der Waals surface area contributed by atoms with Crippen LogP contribution in [0.3, 0.4) is 0 Å². The van der Waals surface area contributed by atoms with Gasteiger partial charge in [-0.1, -0.05) is 0 Å². The van der Waals surface area contributed by atoms with Crippen LogP contribution >= 0.6 is 0 Å². The van der Waals surface area contributed by atoms with Gasteiger partial charge in [-0.05, 0) is 51.8 Å². The van der Waals surface area contributed by atoms with Gasteiger partial charge in [-0.25, -0.2) is 14.4 Å². The van der Waals surface area contributed by atoms with E-state index in [0.717, 1.165) is 0 Å². The van der Waals surface area contributed by atoms with Crippen LogP contribution in [0.2, 0.25) is 0 Å². The molecule has 1 saturated heterocycles. The van der Waals surface area contributed by atoms with Crippen molar-refractivity contribution in [3.05, 3.63) is 23.8 Å². The fourth-order valence-electron chi connectivity index (χ4n) is 2.62. The molecule has 1 aromatic rings. The number of carbonyl (C=O) groups excluding carboxylic acids is 2. The second-order valence-corrected chi connectivity index (χ2v) is 6.92. The molecule has 8 heteroatoms. The van der Waals surface area contributed by atoms with Gasteiger partial charge < -0.3 is 19.3 Å². The number of hydrogen-bond donors (Lipinski definition) is 1. The predicted molar refractivity (Wildman–Crippen MR) is 91.6 cm³/mol. The summed E-state index contributed by atoms with van der Waals surface area (Å²) in [5.74, 6) is -1.59. The maximum Gasteiger partial charge on any atom is 0.411 e. The molecule has 1 aliphatic heterocycles. The molecule has 0 bridgehead atoms. The minimum Gasteiger partial charge on any atom is -0.493 e. The molecule has 0 aliphatic carbocycles. The zero-order valence-electron chi connectivity index (χ0n) is 15.3. The lowest BCUT2D eigenvalue weighted by Crippen LogP contribution is -2.44. The molecule has 142 valence electrons. The van der Waals surface area contributed by atoms with Crippen LogP contribution in [0.15, 0.2) is 18.2 Å². The molecule has 1 atom stereocenters. The summed E-state index contributed by atoms with van der Waals surface area (Å²) >= 11 is 0. The van der Waals surface area contributed by atoms with E-state index in [9.17, 15) is 14.4 Å². The van der Waals surface area contributed by atoms with E-state index in [1.807, 2.05) is 0 Å². The molecule has 2 rings (SSSR count). The maximum atomic E-state index is 12.6. The molecule has 1 aromatic carbocycles. The van der Waals surface area contributed by atoms with Crippen LogP contribution in [0.1, 0.15) is 44.0 Å². The standard InChI is InChI=1S/C18H23NO7/c1-18(2,3)26-17(23)19-9-5-6-12(19)16(22)25-14-10-11(15(20)21)7-8-13(14)24-4/h7-8,10,12H,5-6,9H2,1-4H3,(H,20,21). The Labute approximate surface area is 151 Å². The molecular formula is C18H23NO7. The minimum atomic E-state index is -1.15. The van der Waals surface area contributed by atoms with Crippen LogP contribution in [-0.4, -0.2) is 53.3 Å². The maximum absolute atomic E-state index is 12.6. The van der Waals surface area contributed by atoms with E-state index in [4.69, 9.17) is 19.3 Å². The second-order valence-electron chi connectivity index (χ2n) is 6.92. The second kappa shape index (κ2) is 7.63. The average molecular weight is 365 g/mol. The Kier molecular flexibility index (Phi) is 5.74. The number of likely N-dealkylation sites (tertiary alicyclic amines) is 1. The number of ether oxygens (including phenoxy) is 3. The van der Waals surface area contributed by atoms with E-state index in [0.29, 0.717) is 19.4 Å². The number of esters is 1. The van der Waals surface area contributed by atoms with Crippen LogP contribution in [0.4, 0.5) is 4.79 Å². The van der Waals surface area contributed by atoms with Gasteiger partial charge in [0, 0.05) is 6.54 Å². The lowest BCUT2D eigenvalue weighted by Gasteiger charge is -2.27. The first kappa shape index (κ1) is 19.6. The number of carboxylic acids is 1. The lowest BCUT2D eigenvalue weighted by molar-refractivity contribution is -0.139. The normalized spacial score (nSPS) is 16.9. The Bertz CT molecular complexity index is 708. The number of aromatic carboxylic acids is 1. The van der Waals surface area contributed by atoms with Gasteiger partial charge in [-0.15, -0.1) is 0 Å². The summed E-state index contributed by atoms with van der Waals surface area (Å²) < 4.78 is 15.8. The van der Waals surface area contributed by atoms with Crippen molar-refractivity contribution < 1.29 is 33.7 Å². The van der Waals surface area contributed by atoms with Crippen molar-refractivity contribution in [2.24, 2.45) is 0 Å². The van der Waals surface area contributed by atoms with Crippen molar-refractivity contribution in [2.45, 2.75) is 45.3 Å². The fraction of sp³-hybridized carbons (Fsp3) is 0.500. The van der Waals surface area contributed by atoms with E-state index in [1.54, 1.807) is 20.8 Å². The van der Waals surface area contributed by atoms with Crippen molar-refractivity contribution >= 4 is 18.0 Å². The summed E-state index contributed by atoms with van der Waals surface area (Å²) in [6, 6.07) is 3.18. The summed E-state index contributed by atoms with van der Waals surface area (Å²) in [4.78, 5) is 37.3. The summed E-state index contributed by atoms with van der Waals surface area (Å²) in [5, 5.41) is 9.09. The highest BCUT2D eigenvalue weighted by Gasteiger charge is 2.38. The van der Waals surface area contributed by atoms with Gasteiger partial charge in [-0.2, -0.15) is 0 Å². The highest BCUT2D eigenvalue weighted by Crippen LogP contribution is 2.30. The van der Waals surface area contributed by atoms with Crippen LogP contribution in [0, 0.1) is 0 Å². The monoisotopic (exact) mass is 365 g/mol. The lowest BCUT2D eigenvalue weighted by atomic mass is 10.2. The molecule has 0 aromatic heterocycles. The van der Waals surface area contributed by atoms with Crippen molar-refractivity contribution in [3.63, 3.8) is 0 Å². The number of rotatable bonds is 4. The van der Waals surface area contributed by atoms with Crippen molar-refractivity contribution in [2.75, 3.05) is 13.7 Å². The molecule has 1 aliphatic rings. The van der Waals surface area contributed by atoms with Gasteiger partial charge in [0.25, 0.3) is 0 Å². The Morgan fingerprint density at radius 3 is 2.46 bits per heavy atom. The summed E-state index contributed by atoms with van der Waals surface area (Å²) in [7, 11) is 1.38. The largest absolute Gasteiger partial charge is 0.493 e. The number of methoxy groups -OCH3 is 1. The third kappa shape index (κ3) is 4.65. The van der Waals surface area contributed by atoms with Crippen LogP contribution in [-0.2, 0) is 9.53 Å². The molecule has 1 heterocycles. The van der Waals surface area contributed by atoms with Gasteiger partial charge in [0.2, 0.25) is 0 Å². The zero-order chi connectivity index (χ0) is 19.5. The molecule has 8 nitrogen and oxygen atoms in total.